The Morgan fingerprint density at radius 3 is 1.73 bits per heavy atom. The quantitative estimate of drug-likeness (QED) is 0.302. The number of halogens is 2. The van der Waals surface area contributed by atoms with E-state index in [1.54, 1.807) is 0 Å². The highest BCUT2D eigenvalue weighted by molar-refractivity contribution is 6.31. The minimum atomic E-state index is -0.510. The van der Waals surface area contributed by atoms with Crippen LogP contribution in [0, 0.1) is 45.3 Å². The first kappa shape index (κ1) is 39.7. The van der Waals surface area contributed by atoms with Crippen molar-refractivity contribution in [3.05, 3.63) is 68.7 Å². The number of aliphatic hydroxyl groups is 1. The zero-order valence-electron chi connectivity index (χ0n) is 32.3. The topological polar surface area (TPSA) is 55.5 Å². The molecule has 48 heavy (non-hydrogen) atoms. The van der Waals surface area contributed by atoms with Crippen molar-refractivity contribution in [1.29, 1.82) is 0 Å². The summed E-state index contributed by atoms with van der Waals surface area (Å²) in [7, 11) is 0. The Morgan fingerprint density at radius 1 is 0.771 bits per heavy atom. The molecule has 2 aromatic rings. The van der Waals surface area contributed by atoms with Crippen molar-refractivity contribution in [2.45, 2.75) is 133 Å². The second-order valence-corrected chi connectivity index (χ2v) is 20.6. The number of rotatable bonds is 7. The van der Waals surface area contributed by atoms with Gasteiger partial charge in [0.15, 0.2) is 0 Å². The van der Waals surface area contributed by atoms with Gasteiger partial charge in [0.05, 0.1) is 13.2 Å². The summed E-state index contributed by atoms with van der Waals surface area (Å²) in [6, 6.07) is 13.1. The van der Waals surface area contributed by atoms with Crippen LogP contribution < -0.4 is 5.73 Å². The molecule has 2 aliphatic carbocycles. The van der Waals surface area contributed by atoms with Crippen LogP contribution in [0.1, 0.15) is 131 Å². The Hall–Kier alpha value is -1.10. The zero-order valence-corrected chi connectivity index (χ0v) is 33.8. The molecule has 1 aliphatic heterocycles. The van der Waals surface area contributed by atoms with Crippen molar-refractivity contribution in [2.24, 2.45) is 51.1 Å². The molecule has 3 N–H and O–H groups in total. The van der Waals surface area contributed by atoms with Crippen LogP contribution in [0.2, 0.25) is 10.0 Å². The average Bonchev–Trinajstić information content (AvgIpc) is 3.52. The molecule has 3 nitrogen and oxygen atoms in total. The standard InChI is InChI=1S/C22H33ClO.C21H34ClNO/c1-15-18-12-24-14-22(18,13-21(15,5)6)17-8-7-16(19(23)11-17)9-10-20(2,3)4;1-14-17(12-24)21(23,13-20(14,5)6)16-8-7-15(18(22)11-16)9-10-19(2,3)4/h7-8,11,15,18H,9-10,12-14H2,1-6H3;7-8,11,14,17,24H,9-10,12-13,23H2,1-6H3. The summed E-state index contributed by atoms with van der Waals surface area (Å²) in [5.74, 6) is 1.72. The van der Waals surface area contributed by atoms with Gasteiger partial charge in [-0.15, -0.1) is 0 Å². The molecule has 5 heteroatoms. The van der Waals surface area contributed by atoms with Crippen LogP contribution >= 0.6 is 23.2 Å². The van der Waals surface area contributed by atoms with Crippen molar-refractivity contribution in [2.75, 3.05) is 19.8 Å². The fourth-order valence-corrected chi connectivity index (χ4v) is 9.70. The van der Waals surface area contributed by atoms with Gasteiger partial charge < -0.3 is 15.6 Å². The second-order valence-electron chi connectivity index (χ2n) is 19.7. The lowest BCUT2D eigenvalue weighted by Gasteiger charge is -2.33. The van der Waals surface area contributed by atoms with Gasteiger partial charge in [0.25, 0.3) is 0 Å². The summed E-state index contributed by atoms with van der Waals surface area (Å²) >= 11 is 13.3. The Bertz CT molecular complexity index is 1410. The first-order valence-corrected chi connectivity index (χ1v) is 19.3. The molecule has 1 heterocycles. The lowest BCUT2D eigenvalue weighted by Crippen LogP contribution is -2.43. The first-order valence-electron chi connectivity index (χ1n) is 18.5. The minimum absolute atomic E-state index is 0.0593. The van der Waals surface area contributed by atoms with Crippen molar-refractivity contribution in [1.82, 2.24) is 0 Å². The van der Waals surface area contributed by atoms with E-state index in [0.717, 1.165) is 60.9 Å². The summed E-state index contributed by atoms with van der Waals surface area (Å²) in [6.07, 6.45) is 6.35. The highest BCUT2D eigenvalue weighted by atomic mass is 35.5. The SMILES string of the molecule is CC1C(CO)C(N)(c2ccc(CCC(C)(C)C)c(Cl)c2)CC1(C)C.CC1C2COCC2(c2ccc(CCC(C)(C)C)c(Cl)c2)CC1(C)C. The van der Waals surface area contributed by atoms with Gasteiger partial charge in [-0.2, -0.15) is 0 Å². The van der Waals surface area contributed by atoms with Crippen LogP contribution in [0.15, 0.2) is 36.4 Å². The van der Waals surface area contributed by atoms with Gasteiger partial charge in [0.1, 0.15) is 0 Å². The maximum atomic E-state index is 9.95. The van der Waals surface area contributed by atoms with Crippen LogP contribution in [0.4, 0.5) is 0 Å². The molecule has 0 radical (unpaired) electrons. The van der Waals surface area contributed by atoms with E-state index in [2.05, 4.69) is 113 Å². The molecule has 1 saturated heterocycles. The van der Waals surface area contributed by atoms with Crippen molar-refractivity contribution >= 4 is 23.2 Å². The third kappa shape index (κ3) is 8.33. The lowest BCUT2D eigenvalue weighted by atomic mass is 9.73. The van der Waals surface area contributed by atoms with Crippen LogP contribution in [0.25, 0.3) is 0 Å². The Morgan fingerprint density at radius 2 is 1.25 bits per heavy atom. The van der Waals surface area contributed by atoms with Crippen LogP contribution in [0.3, 0.4) is 0 Å². The molecule has 3 aliphatic rings. The number of hydrogen-bond donors (Lipinski definition) is 2. The van der Waals surface area contributed by atoms with Gasteiger partial charge in [0, 0.05) is 33.5 Å². The molecular weight excluding hydrogens is 633 g/mol. The zero-order chi connectivity index (χ0) is 36.1. The van der Waals surface area contributed by atoms with Crippen LogP contribution in [-0.2, 0) is 28.5 Å². The predicted octanol–water partition coefficient (Wildman–Crippen LogP) is 11.4. The molecule has 0 spiro atoms. The largest absolute Gasteiger partial charge is 0.396 e. The maximum Gasteiger partial charge on any atom is 0.0566 e. The molecule has 5 rings (SSSR count). The minimum Gasteiger partial charge on any atom is -0.396 e. The van der Waals surface area contributed by atoms with Crippen LogP contribution in [0.5, 0.6) is 0 Å². The van der Waals surface area contributed by atoms with Gasteiger partial charge in [-0.25, -0.2) is 0 Å². The summed E-state index contributed by atoms with van der Waals surface area (Å²) < 4.78 is 5.95. The third-order valence-corrected chi connectivity index (χ3v) is 13.6. The molecule has 6 atom stereocenters. The third-order valence-electron chi connectivity index (χ3n) is 12.9. The molecular formula is C43H67Cl2NO2. The van der Waals surface area contributed by atoms with E-state index in [1.165, 1.54) is 23.1 Å². The second kappa shape index (κ2) is 14.1. The number of benzene rings is 2. The van der Waals surface area contributed by atoms with Gasteiger partial charge in [-0.3, -0.25) is 0 Å². The highest BCUT2D eigenvalue weighted by Gasteiger charge is 2.59. The Balaban J connectivity index is 0.000000217. The number of aryl methyl sites for hydroxylation is 2. The number of ether oxygens (including phenoxy) is 1. The van der Waals surface area contributed by atoms with Crippen molar-refractivity contribution in [3.63, 3.8) is 0 Å². The van der Waals surface area contributed by atoms with Gasteiger partial charge >= 0.3 is 0 Å². The van der Waals surface area contributed by atoms with Crippen molar-refractivity contribution in [3.8, 4) is 0 Å². The van der Waals surface area contributed by atoms with Gasteiger partial charge in [-0.1, -0.05) is 131 Å². The molecule has 3 fully saturated rings. The van der Waals surface area contributed by atoms with E-state index in [-0.39, 0.29) is 23.4 Å². The van der Waals surface area contributed by atoms with E-state index in [9.17, 15) is 5.11 Å². The van der Waals surface area contributed by atoms with Crippen LogP contribution in [-0.4, -0.2) is 24.9 Å². The molecule has 6 unspecified atom stereocenters. The predicted molar refractivity (Wildman–Crippen MR) is 206 cm³/mol. The fourth-order valence-electron chi connectivity index (χ4n) is 9.15. The van der Waals surface area contributed by atoms with E-state index < -0.39 is 5.54 Å². The Labute approximate surface area is 304 Å². The molecule has 2 aromatic carbocycles. The van der Waals surface area contributed by atoms with Crippen molar-refractivity contribution < 1.29 is 9.84 Å². The summed E-state index contributed by atoms with van der Waals surface area (Å²) in [5, 5.41) is 11.7. The van der Waals surface area contributed by atoms with E-state index in [4.69, 9.17) is 33.7 Å². The summed E-state index contributed by atoms with van der Waals surface area (Å²) in [6.45, 7) is 29.4. The number of aliphatic hydroxyl groups excluding tert-OH is 1. The smallest absolute Gasteiger partial charge is 0.0566 e. The highest BCUT2D eigenvalue weighted by Crippen LogP contribution is 2.60. The number of nitrogens with two attached hydrogens (primary N) is 1. The molecule has 0 bridgehead atoms. The summed E-state index contributed by atoms with van der Waals surface area (Å²) in [5.41, 5.74) is 12.5. The molecule has 2 saturated carbocycles. The average molecular weight is 701 g/mol. The summed E-state index contributed by atoms with van der Waals surface area (Å²) in [4.78, 5) is 0. The molecule has 270 valence electrons. The van der Waals surface area contributed by atoms with E-state index in [0.29, 0.717) is 34.0 Å². The normalized spacial score (nSPS) is 31.0. The Kier molecular flexibility index (Phi) is 11.7. The maximum absolute atomic E-state index is 9.95. The van der Waals surface area contributed by atoms with E-state index >= 15 is 0 Å². The molecule has 0 amide bonds. The van der Waals surface area contributed by atoms with Gasteiger partial charge in [-0.05, 0) is 112 Å². The lowest BCUT2D eigenvalue weighted by molar-refractivity contribution is 0.127. The monoisotopic (exact) mass is 699 g/mol. The number of fused-ring (bicyclic) bond motifs is 1. The first-order chi connectivity index (χ1) is 22.0. The van der Waals surface area contributed by atoms with Gasteiger partial charge in [0.2, 0.25) is 0 Å². The number of hydrogen-bond acceptors (Lipinski definition) is 3. The van der Waals surface area contributed by atoms with E-state index in [1.807, 2.05) is 6.07 Å². The fraction of sp³-hybridized carbons (Fsp3) is 0.721. The molecule has 0 aromatic heterocycles.